The van der Waals surface area contributed by atoms with Crippen LogP contribution in [-0.4, -0.2) is 59.0 Å². The van der Waals surface area contributed by atoms with Gasteiger partial charge in [-0.3, -0.25) is 13.9 Å². The summed E-state index contributed by atoms with van der Waals surface area (Å²) in [5.41, 5.74) is 1.60. The largest absolute Gasteiger partial charge is 0.493 e. The number of carbonyl (C=O) groups is 2. The van der Waals surface area contributed by atoms with Crippen molar-refractivity contribution in [2.24, 2.45) is 0 Å². The molecular weight excluding hydrogens is 637 g/mol. The molecular formula is C33H33Cl2N3O6S. The van der Waals surface area contributed by atoms with Gasteiger partial charge < -0.3 is 19.7 Å². The molecule has 4 rings (SSSR count). The third-order valence-electron chi connectivity index (χ3n) is 7.15. The van der Waals surface area contributed by atoms with Gasteiger partial charge in [0, 0.05) is 36.1 Å². The molecule has 0 heterocycles. The average molecular weight is 671 g/mol. The minimum Gasteiger partial charge on any atom is -0.493 e. The van der Waals surface area contributed by atoms with Crippen molar-refractivity contribution in [2.75, 3.05) is 32.1 Å². The van der Waals surface area contributed by atoms with E-state index in [0.29, 0.717) is 21.4 Å². The molecule has 0 aromatic heterocycles. The molecule has 4 aromatic carbocycles. The molecule has 0 aliphatic carbocycles. The molecule has 0 fully saturated rings. The first kappa shape index (κ1) is 33.6. The van der Waals surface area contributed by atoms with Crippen molar-refractivity contribution >= 4 is 50.7 Å². The van der Waals surface area contributed by atoms with Gasteiger partial charge in [0.25, 0.3) is 10.0 Å². The first-order valence-corrected chi connectivity index (χ1v) is 16.1. The number of hydrogen-bond donors (Lipinski definition) is 1. The Morgan fingerprint density at radius 3 is 2.11 bits per heavy atom. The standard InChI is InChI=1S/C33H33Cl2N3O6S/c1-36-33(40)29(19-23-9-5-4-6-10-23)37(21-24-11-7-8-12-28(24)35)32(39)22-38(26-15-13-25(34)14-16-26)45(41,42)27-17-18-30(43-2)31(20-27)44-3/h4-18,20,29H,19,21-22H2,1-3H3,(H,36,40)/t29-/m0/s1. The first-order chi connectivity index (χ1) is 21.6. The summed E-state index contributed by atoms with van der Waals surface area (Å²) in [6.07, 6.45) is 0.181. The number of methoxy groups -OCH3 is 2. The Hall–Kier alpha value is -4.25. The normalized spacial score (nSPS) is 11.8. The van der Waals surface area contributed by atoms with Gasteiger partial charge in [0.2, 0.25) is 11.8 Å². The number of amides is 2. The fourth-order valence-electron chi connectivity index (χ4n) is 4.77. The number of hydrogen-bond acceptors (Lipinski definition) is 6. The highest BCUT2D eigenvalue weighted by atomic mass is 35.5. The average Bonchev–Trinajstić information content (AvgIpc) is 3.06. The van der Waals surface area contributed by atoms with Crippen LogP contribution in [0.2, 0.25) is 10.0 Å². The zero-order valence-corrected chi connectivity index (χ0v) is 27.3. The summed E-state index contributed by atoms with van der Waals surface area (Å²) in [6, 6.07) is 25.5. The summed E-state index contributed by atoms with van der Waals surface area (Å²) < 4.78 is 40.1. The van der Waals surface area contributed by atoms with Gasteiger partial charge in [-0.1, -0.05) is 71.7 Å². The van der Waals surface area contributed by atoms with Crippen LogP contribution in [0.5, 0.6) is 11.5 Å². The van der Waals surface area contributed by atoms with Crippen LogP contribution in [0.15, 0.2) is 102 Å². The first-order valence-electron chi connectivity index (χ1n) is 13.9. The predicted molar refractivity (Wildman–Crippen MR) is 176 cm³/mol. The minimum absolute atomic E-state index is 0.0473. The second kappa shape index (κ2) is 15.2. The van der Waals surface area contributed by atoms with Crippen molar-refractivity contribution in [2.45, 2.75) is 23.9 Å². The molecule has 236 valence electrons. The van der Waals surface area contributed by atoms with Gasteiger partial charge in [-0.15, -0.1) is 0 Å². The molecule has 0 unspecified atom stereocenters. The molecule has 1 N–H and O–H groups in total. The van der Waals surface area contributed by atoms with Gasteiger partial charge >= 0.3 is 0 Å². The summed E-state index contributed by atoms with van der Waals surface area (Å²) >= 11 is 12.6. The summed E-state index contributed by atoms with van der Waals surface area (Å²) in [7, 11) is -0.0409. The molecule has 0 radical (unpaired) electrons. The second-order valence-electron chi connectivity index (χ2n) is 9.94. The van der Waals surface area contributed by atoms with E-state index in [2.05, 4.69) is 5.32 Å². The summed E-state index contributed by atoms with van der Waals surface area (Å²) in [4.78, 5) is 29.0. The SMILES string of the molecule is CNC(=O)[C@H](Cc1ccccc1)N(Cc1ccccc1Cl)C(=O)CN(c1ccc(Cl)cc1)S(=O)(=O)c1ccc(OC)c(OC)c1. The molecule has 4 aromatic rings. The fraction of sp³-hybridized carbons (Fsp3) is 0.212. The van der Waals surface area contributed by atoms with E-state index in [1.54, 1.807) is 24.3 Å². The Morgan fingerprint density at radius 1 is 0.844 bits per heavy atom. The van der Waals surface area contributed by atoms with E-state index >= 15 is 0 Å². The van der Waals surface area contributed by atoms with E-state index in [9.17, 15) is 18.0 Å². The number of anilines is 1. The van der Waals surface area contributed by atoms with Gasteiger partial charge in [0.05, 0.1) is 24.8 Å². The summed E-state index contributed by atoms with van der Waals surface area (Å²) in [6.45, 7) is -0.681. The van der Waals surface area contributed by atoms with E-state index < -0.39 is 34.4 Å². The molecule has 9 nitrogen and oxygen atoms in total. The smallest absolute Gasteiger partial charge is 0.264 e. The van der Waals surface area contributed by atoms with Gasteiger partial charge in [0.1, 0.15) is 12.6 Å². The van der Waals surface area contributed by atoms with Crippen molar-refractivity contribution in [3.05, 3.63) is 118 Å². The second-order valence-corrected chi connectivity index (χ2v) is 12.6. The van der Waals surface area contributed by atoms with Gasteiger partial charge in [0.15, 0.2) is 11.5 Å². The van der Waals surface area contributed by atoms with E-state index in [1.165, 1.54) is 68.6 Å². The third-order valence-corrected chi connectivity index (χ3v) is 9.54. The highest BCUT2D eigenvalue weighted by Crippen LogP contribution is 2.33. The van der Waals surface area contributed by atoms with Crippen LogP contribution < -0.4 is 19.1 Å². The van der Waals surface area contributed by atoms with Gasteiger partial charge in [-0.25, -0.2) is 8.42 Å². The number of nitrogens with one attached hydrogen (secondary N) is 1. The van der Waals surface area contributed by atoms with E-state index in [-0.39, 0.29) is 29.3 Å². The number of likely N-dealkylation sites (N-methyl/N-ethyl adjacent to an activating group) is 1. The van der Waals surface area contributed by atoms with Crippen LogP contribution >= 0.6 is 23.2 Å². The van der Waals surface area contributed by atoms with Crippen molar-refractivity contribution < 1.29 is 27.5 Å². The Morgan fingerprint density at radius 2 is 1.49 bits per heavy atom. The van der Waals surface area contributed by atoms with Crippen LogP contribution in [0.1, 0.15) is 11.1 Å². The van der Waals surface area contributed by atoms with E-state index in [1.807, 2.05) is 30.3 Å². The maximum atomic E-state index is 14.4. The Kier molecular flexibility index (Phi) is 11.3. The fourth-order valence-corrected chi connectivity index (χ4v) is 6.52. The van der Waals surface area contributed by atoms with E-state index in [4.69, 9.17) is 32.7 Å². The van der Waals surface area contributed by atoms with Gasteiger partial charge in [-0.05, 0) is 53.6 Å². The van der Waals surface area contributed by atoms with E-state index in [0.717, 1.165) is 9.87 Å². The molecule has 0 aliphatic heterocycles. The Bertz CT molecular complexity index is 1740. The molecule has 0 saturated heterocycles. The molecule has 12 heteroatoms. The lowest BCUT2D eigenvalue weighted by molar-refractivity contribution is -0.139. The highest BCUT2D eigenvalue weighted by molar-refractivity contribution is 7.92. The number of ether oxygens (including phenoxy) is 2. The summed E-state index contributed by atoms with van der Waals surface area (Å²) in [5.74, 6) is -0.506. The molecule has 0 bridgehead atoms. The maximum Gasteiger partial charge on any atom is 0.264 e. The predicted octanol–water partition coefficient (Wildman–Crippen LogP) is 5.59. The Labute approximate surface area is 273 Å². The number of carbonyl (C=O) groups excluding carboxylic acids is 2. The molecule has 0 saturated carbocycles. The number of sulfonamides is 1. The minimum atomic E-state index is -4.36. The van der Waals surface area contributed by atoms with Crippen LogP contribution in [0.3, 0.4) is 0 Å². The van der Waals surface area contributed by atoms with Crippen LogP contribution in [-0.2, 0) is 32.6 Å². The summed E-state index contributed by atoms with van der Waals surface area (Å²) in [5, 5.41) is 3.44. The molecule has 1 atom stereocenters. The lowest BCUT2D eigenvalue weighted by Crippen LogP contribution is -2.53. The third kappa shape index (κ3) is 8.08. The van der Waals surface area contributed by atoms with Crippen molar-refractivity contribution in [3.8, 4) is 11.5 Å². The van der Waals surface area contributed by atoms with Crippen molar-refractivity contribution in [1.82, 2.24) is 10.2 Å². The Balaban J connectivity index is 1.81. The monoisotopic (exact) mass is 669 g/mol. The lowest BCUT2D eigenvalue weighted by atomic mass is 10.0. The molecule has 0 aliphatic rings. The number of nitrogens with zero attached hydrogens (tertiary/aromatic N) is 2. The molecule has 2 amide bonds. The highest BCUT2D eigenvalue weighted by Gasteiger charge is 2.35. The number of benzene rings is 4. The zero-order chi connectivity index (χ0) is 32.6. The van der Waals surface area contributed by atoms with Crippen LogP contribution in [0, 0.1) is 0 Å². The number of halogens is 2. The van der Waals surface area contributed by atoms with Gasteiger partial charge in [-0.2, -0.15) is 0 Å². The van der Waals surface area contributed by atoms with Crippen molar-refractivity contribution in [3.63, 3.8) is 0 Å². The van der Waals surface area contributed by atoms with Crippen molar-refractivity contribution in [1.29, 1.82) is 0 Å². The molecule has 0 spiro atoms. The molecule has 45 heavy (non-hydrogen) atoms. The number of rotatable bonds is 13. The van der Waals surface area contributed by atoms with Crippen LogP contribution in [0.4, 0.5) is 5.69 Å². The topological polar surface area (TPSA) is 105 Å². The zero-order valence-electron chi connectivity index (χ0n) is 24.9. The lowest BCUT2D eigenvalue weighted by Gasteiger charge is -2.33. The van der Waals surface area contributed by atoms with Crippen LogP contribution in [0.25, 0.3) is 0 Å². The quantitative estimate of drug-likeness (QED) is 0.199. The maximum absolute atomic E-state index is 14.4.